The number of carboxylic acid groups (broad SMARTS) is 1. The van der Waals surface area contributed by atoms with E-state index >= 15 is 0 Å². The Morgan fingerprint density at radius 2 is 1.69 bits per heavy atom. The van der Waals surface area contributed by atoms with Crippen molar-refractivity contribution in [2.24, 2.45) is 5.92 Å². The van der Waals surface area contributed by atoms with Gasteiger partial charge in [0.25, 0.3) is 0 Å². The topological polar surface area (TPSA) is 92.7 Å². The number of rotatable bonds is 11. The number of halogens is 3. The first kappa shape index (κ1) is 26.2. The largest absolute Gasteiger partial charge is 0.481 e. The van der Waals surface area contributed by atoms with E-state index in [9.17, 15) is 27.6 Å². The molecule has 1 saturated carbocycles. The molecule has 3 atom stereocenters. The van der Waals surface area contributed by atoms with Crippen molar-refractivity contribution in [2.45, 2.75) is 56.7 Å². The number of carboxylic acids is 1. The number of hydrogen-bond acceptors (Lipinski definition) is 4. The highest BCUT2D eigenvalue weighted by atomic mass is 19.4. The second kappa shape index (κ2) is 10.9. The summed E-state index contributed by atoms with van der Waals surface area (Å²) in [5.74, 6) is -3.19. The molecule has 0 bridgehead atoms. The number of alkyl halides is 3. The fourth-order valence-corrected chi connectivity index (χ4v) is 4.30. The Kier molecular flexibility index (Phi) is 8.19. The van der Waals surface area contributed by atoms with Crippen LogP contribution in [-0.4, -0.2) is 41.3 Å². The summed E-state index contributed by atoms with van der Waals surface area (Å²) >= 11 is 0. The molecule has 1 fully saturated rings. The van der Waals surface area contributed by atoms with E-state index in [-0.39, 0.29) is 25.2 Å². The molecule has 2 aromatic rings. The van der Waals surface area contributed by atoms with Crippen LogP contribution in [0.15, 0.2) is 54.6 Å². The van der Waals surface area contributed by atoms with Gasteiger partial charge in [0, 0.05) is 17.9 Å². The average molecular weight is 492 g/mol. The van der Waals surface area contributed by atoms with Crippen molar-refractivity contribution in [3.05, 3.63) is 60.2 Å². The Bertz CT molecular complexity index is 1040. The number of nitrogens with one attached hydrogen (secondary N) is 1. The molecule has 2 N–H and O–H groups in total. The SMILES string of the molecule is C[C@H](C[C@]1(NC(=O)CCC(=O)O)CC1c1ccc(-c2ccccc2)cc1)C(=O)OCCC(F)(F)F. The number of benzene rings is 2. The van der Waals surface area contributed by atoms with E-state index in [2.05, 4.69) is 5.32 Å². The minimum absolute atomic E-state index is 0.119. The van der Waals surface area contributed by atoms with E-state index in [0.717, 1.165) is 16.7 Å². The fourth-order valence-electron chi connectivity index (χ4n) is 4.30. The minimum Gasteiger partial charge on any atom is -0.481 e. The van der Waals surface area contributed by atoms with Gasteiger partial charge in [-0.1, -0.05) is 61.5 Å². The Morgan fingerprint density at radius 1 is 1.06 bits per heavy atom. The summed E-state index contributed by atoms with van der Waals surface area (Å²) in [6.07, 6.45) is -5.48. The first-order valence-corrected chi connectivity index (χ1v) is 11.4. The summed E-state index contributed by atoms with van der Waals surface area (Å²) in [6.45, 7) is 0.796. The van der Waals surface area contributed by atoms with Crippen LogP contribution >= 0.6 is 0 Å². The molecule has 1 aliphatic rings. The van der Waals surface area contributed by atoms with Crippen LogP contribution in [-0.2, 0) is 19.1 Å². The average Bonchev–Trinajstić information content (AvgIpc) is 3.50. The zero-order valence-corrected chi connectivity index (χ0v) is 19.3. The maximum absolute atomic E-state index is 12.4. The van der Waals surface area contributed by atoms with Gasteiger partial charge >= 0.3 is 18.1 Å². The first-order chi connectivity index (χ1) is 16.5. The smallest absolute Gasteiger partial charge is 0.392 e. The summed E-state index contributed by atoms with van der Waals surface area (Å²) in [6, 6.07) is 17.6. The van der Waals surface area contributed by atoms with Crippen molar-refractivity contribution in [3.8, 4) is 11.1 Å². The molecule has 2 aromatic carbocycles. The maximum atomic E-state index is 12.4. The van der Waals surface area contributed by atoms with E-state index in [1.165, 1.54) is 0 Å². The number of carbonyl (C=O) groups is 3. The van der Waals surface area contributed by atoms with Crippen molar-refractivity contribution in [2.75, 3.05) is 6.61 Å². The van der Waals surface area contributed by atoms with E-state index < -0.39 is 48.5 Å². The van der Waals surface area contributed by atoms with E-state index in [1.807, 2.05) is 54.6 Å². The van der Waals surface area contributed by atoms with Gasteiger partial charge in [0.2, 0.25) is 5.91 Å². The van der Waals surface area contributed by atoms with Crippen molar-refractivity contribution in [3.63, 3.8) is 0 Å². The van der Waals surface area contributed by atoms with Crippen LogP contribution in [0.2, 0.25) is 0 Å². The van der Waals surface area contributed by atoms with Gasteiger partial charge in [0.1, 0.15) is 0 Å². The molecule has 0 aromatic heterocycles. The van der Waals surface area contributed by atoms with Gasteiger partial charge in [-0.05, 0) is 29.5 Å². The third kappa shape index (κ3) is 7.56. The number of ether oxygens (including phenoxy) is 1. The minimum atomic E-state index is -4.42. The summed E-state index contributed by atoms with van der Waals surface area (Å²) in [7, 11) is 0. The van der Waals surface area contributed by atoms with Crippen LogP contribution in [0, 0.1) is 5.92 Å². The molecule has 1 amide bonds. The molecule has 9 heteroatoms. The summed E-state index contributed by atoms with van der Waals surface area (Å²) < 4.78 is 41.9. The van der Waals surface area contributed by atoms with E-state index in [1.54, 1.807) is 6.92 Å². The lowest BCUT2D eigenvalue weighted by atomic mass is 9.94. The van der Waals surface area contributed by atoms with Gasteiger partial charge in [-0.3, -0.25) is 14.4 Å². The van der Waals surface area contributed by atoms with Crippen molar-refractivity contribution < 1.29 is 37.4 Å². The normalized spacial score (nSPS) is 20.1. The lowest BCUT2D eigenvalue weighted by Gasteiger charge is -2.23. The van der Waals surface area contributed by atoms with Crippen LogP contribution in [0.25, 0.3) is 11.1 Å². The Balaban J connectivity index is 1.70. The van der Waals surface area contributed by atoms with Gasteiger partial charge in [0.05, 0.1) is 25.4 Å². The number of aliphatic carboxylic acids is 1. The van der Waals surface area contributed by atoms with Gasteiger partial charge in [-0.2, -0.15) is 13.2 Å². The molecule has 1 unspecified atom stereocenters. The Morgan fingerprint density at radius 3 is 2.29 bits per heavy atom. The number of amides is 1. The number of hydrogen-bond donors (Lipinski definition) is 2. The Hall–Kier alpha value is -3.36. The van der Waals surface area contributed by atoms with Crippen LogP contribution in [0.3, 0.4) is 0 Å². The molecule has 0 spiro atoms. The van der Waals surface area contributed by atoms with Crippen molar-refractivity contribution in [1.29, 1.82) is 0 Å². The first-order valence-electron chi connectivity index (χ1n) is 11.4. The van der Waals surface area contributed by atoms with Crippen LogP contribution < -0.4 is 5.32 Å². The molecular weight excluding hydrogens is 463 g/mol. The molecular formula is C26H28F3NO5. The van der Waals surface area contributed by atoms with Crippen molar-refractivity contribution >= 4 is 17.8 Å². The molecule has 188 valence electrons. The van der Waals surface area contributed by atoms with E-state index in [4.69, 9.17) is 9.84 Å². The fraction of sp³-hybridized carbons (Fsp3) is 0.423. The molecule has 35 heavy (non-hydrogen) atoms. The van der Waals surface area contributed by atoms with Gasteiger partial charge in [0.15, 0.2) is 0 Å². The monoisotopic (exact) mass is 491 g/mol. The second-order valence-electron chi connectivity index (χ2n) is 8.98. The Labute approximate surface area is 201 Å². The van der Waals surface area contributed by atoms with Gasteiger partial charge in [-0.15, -0.1) is 0 Å². The molecule has 0 aliphatic heterocycles. The lowest BCUT2D eigenvalue weighted by Crippen LogP contribution is -2.41. The highest BCUT2D eigenvalue weighted by molar-refractivity contribution is 5.82. The van der Waals surface area contributed by atoms with Gasteiger partial charge in [-0.25, -0.2) is 0 Å². The molecule has 0 heterocycles. The summed E-state index contributed by atoms with van der Waals surface area (Å²) in [5, 5.41) is 11.8. The zero-order valence-electron chi connectivity index (χ0n) is 19.3. The quantitative estimate of drug-likeness (QED) is 0.428. The van der Waals surface area contributed by atoms with E-state index in [0.29, 0.717) is 6.42 Å². The maximum Gasteiger partial charge on any atom is 0.392 e. The third-order valence-electron chi connectivity index (χ3n) is 6.15. The molecule has 6 nitrogen and oxygen atoms in total. The highest BCUT2D eigenvalue weighted by Gasteiger charge is 2.56. The summed E-state index contributed by atoms with van der Waals surface area (Å²) in [5.41, 5.74) is 2.22. The highest BCUT2D eigenvalue weighted by Crippen LogP contribution is 2.55. The van der Waals surface area contributed by atoms with Gasteiger partial charge < -0.3 is 15.2 Å². The number of carbonyl (C=O) groups excluding carboxylic acids is 2. The number of esters is 1. The van der Waals surface area contributed by atoms with Crippen LogP contribution in [0.4, 0.5) is 13.2 Å². The summed E-state index contributed by atoms with van der Waals surface area (Å²) in [4.78, 5) is 35.6. The molecule has 1 aliphatic carbocycles. The van der Waals surface area contributed by atoms with Crippen LogP contribution in [0.1, 0.15) is 50.5 Å². The zero-order chi connectivity index (χ0) is 25.6. The lowest BCUT2D eigenvalue weighted by molar-refractivity contribution is -0.162. The molecule has 0 saturated heterocycles. The molecule has 0 radical (unpaired) electrons. The third-order valence-corrected chi connectivity index (χ3v) is 6.15. The predicted octanol–water partition coefficient (Wildman–Crippen LogP) is 5.08. The predicted molar refractivity (Wildman–Crippen MR) is 122 cm³/mol. The second-order valence-corrected chi connectivity index (χ2v) is 8.98. The standard InChI is InChI=1S/C26H28F3NO5/c1-17(24(34)35-14-13-26(27,28)29)15-25(30-22(31)11-12-23(32)33)16-21(25)20-9-7-19(8-10-20)18-5-3-2-4-6-18/h2-10,17,21H,11-16H2,1H3,(H,30,31)(H,32,33)/t17-,21?,25+/m1/s1. The van der Waals surface area contributed by atoms with Crippen LogP contribution in [0.5, 0.6) is 0 Å². The molecule has 3 rings (SSSR count). The van der Waals surface area contributed by atoms with Crippen molar-refractivity contribution in [1.82, 2.24) is 5.32 Å².